The Balaban J connectivity index is 0.798. The van der Waals surface area contributed by atoms with Gasteiger partial charge in [0.2, 0.25) is 11.8 Å². The number of rotatable bonds is 7. The van der Waals surface area contributed by atoms with Gasteiger partial charge >= 0.3 is 0 Å². The van der Waals surface area contributed by atoms with E-state index in [1.165, 1.54) is 36.4 Å². The molecule has 7 heterocycles. The maximum absolute atomic E-state index is 13.6. The molecule has 3 aliphatic heterocycles. The van der Waals surface area contributed by atoms with Crippen LogP contribution in [0.5, 0.6) is 0 Å². The molecule has 1 saturated carbocycles. The van der Waals surface area contributed by atoms with Gasteiger partial charge in [0, 0.05) is 48.4 Å². The van der Waals surface area contributed by atoms with Crippen LogP contribution in [0.15, 0.2) is 54.9 Å². The first-order chi connectivity index (χ1) is 28.4. The summed E-state index contributed by atoms with van der Waals surface area (Å²) in [6, 6.07) is 16.0. The SMILES string of the molecule is Cc1nc(C2CCC(=O)NC2=O)ccc1N1CCC(N2CCC3(CCC(n4cc5cc(NC(=O)c6ccc7cc(C#N)cnn67)c(C(C)(C)O)cc5n4)CC3)CC2)CC1. The van der Waals surface area contributed by atoms with Gasteiger partial charge in [-0.15, -0.1) is 0 Å². The number of hydrogen-bond donors (Lipinski definition) is 3. The summed E-state index contributed by atoms with van der Waals surface area (Å²) in [5, 5.41) is 36.1. The molecule has 4 aromatic heterocycles. The topological polar surface area (TPSA) is 174 Å². The van der Waals surface area contributed by atoms with Crippen molar-refractivity contribution < 1.29 is 19.5 Å². The molecule has 4 aliphatic rings. The molecule has 3 saturated heterocycles. The predicted octanol–water partition coefficient (Wildman–Crippen LogP) is 6.13. The van der Waals surface area contributed by atoms with Crippen LogP contribution >= 0.6 is 0 Å². The predicted molar refractivity (Wildman–Crippen MR) is 223 cm³/mol. The van der Waals surface area contributed by atoms with Crippen LogP contribution in [0.2, 0.25) is 0 Å². The fourth-order valence-electron chi connectivity index (χ4n) is 10.2. The number of hydrogen-bond acceptors (Lipinski definition) is 10. The van der Waals surface area contributed by atoms with Gasteiger partial charge in [0.15, 0.2) is 0 Å². The average molecular weight is 797 g/mol. The quantitative estimate of drug-likeness (QED) is 0.163. The first-order valence-corrected chi connectivity index (χ1v) is 21.1. The third-order valence-electron chi connectivity index (χ3n) is 13.7. The molecule has 5 aromatic rings. The molecule has 3 N–H and O–H groups in total. The lowest BCUT2D eigenvalue weighted by atomic mass is 9.66. The van der Waals surface area contributed by atoms with Crippen LogP contribution in [0.4, 0.5) is 11.4 Å². The molecule has 1 unspecified atom stereocenters. The lowest BCUT2D eigenvalue weighted by Gasteiger charge is -2.49. The molecule has 1 aromatic carbocycles. The number of nitriles is 1. The highest BCUT2D eigenvalue weighted by Gasteiger charge is 2.40. The molecule has 59 heavy (non-hydrogen) atoms. The summed E-state index contributed by atoms with van der Waals surface area (Å²) in [6.07, 6.45) is 13.6. The van der Waals surface area contributed by atoms with E-state index in [0.29, 0.717) is 58.4 Å². The van der Waals surface area contributed by atoms with Gasteiger partial charge in [0.25, 0.3) is 5.91 Å². The van der Waals surface area contributed by atoms with Crippen LogP contribution in [0, 0.1) is 23.7 Å². The lowest BCUT2D eigenvalue weighted by molar-refractivity contribution is -0.134. The number of aryl methyl sites for hydroxylation is 1. The Morgan fingerprint density at radius 2 is 1.73 bits per heavy atom. The van der Waals surface area contributed by atoms with E-state index in [4.69, 9.17) is 10.1 Å². The van der Waals surface area contributed by atoms with Crippen molar-refractivity contribution in [2.24, 2.45) is 5.41 Å². The Morgan fingerprint density at radius 3 is 2.42 bits per heavy atom. The number of amides is 3. The third kappa shape index (κ3) is 7.58. The first kappa shape index (κ1) is 38.8. The lowest BCUT2D eigenvalue weighted by Crippen LogP contribution is -2.50. The summed E-state index contributed by atoms with van der Waals surface area (Å²) in [4.78, 5) is 47.6. The van der Waals surface area contributed by atoms with E-state index in [9.17, 15) is 24.8 Å². The number of imide groups is 1. The van der Waals surface area contributed by atoms with E-state index < -0.39 is 5.60 Å². The van der Waals surface area contributed by atoms with Crippen molar-refractivity contribution in [3.8, 4) is 6.07 Å². The number of fused-ring (bicyclic) bond motifs is 2. The summed E-state index contributed by atoms with van der Waals surface area (Å²) in [7, 11) is 0. The molecule has 3 amide bonds. The summed E-state index contributed by atoms with van der Waals surface area (Å²) in [5.41, 5.74) is 5.26. The molecule has 1 atom stereocenters. The zero-order valence-electron chi connectivity index (χ0n) is 34.1. The number of aromatic nitrogens is 5. The number of pyridine rings is 1. The van der Waals surface area contributed by atoms with Crippen LogP contribution in [0.25, 0.3) is 16.4 Å². The second kappa shape index (κ2) is 15.2. The average Bonchev–Trinajstić information content (AvgIpc) is 3.85. The number of carbonyl (C=O) groups excluding carboxylic acids is 3. The molecule has 306 valence electrons. The Morgan fingerprint density at radius 1 is 0.966 bits per heavy atom. The molecule has 1 aliphatic carbocycles. The number of benzene rings is 1. The maximum atomic E-state index is 13.6. The zero-order chi connectivity index (χ0) is 41.1. The van der Waals surface area contributed by atoms with Crippen molar-refractivity contribution in [1.29, 1.82) is 5.26 Å². The summed E-state index contributed by atoms with van der Waals surface area (Å²) < 4.78 is 3.62. The minimum Gasteiger partial charge on any atom is -0.386 e. The van der Waals surface area contributed by atoms with Crippen LogP contribution in [0.3, 0.4) is 0 Å². The molecule has 14 heteroatoms. The number of anilines is 2. The van der Waals surface area contributed by atoms with Gasteiger partial charge < -0.3 is 20.2 Å². The van der Waals surface area contributed by atoms with Crippen molar-refractivity contribution in [1.82, 2.24) is 34.6 Å². The fourth-order valence-corrected chi connectivity index (χ4v) is 10.2. The van der Waals surface area contributed by atoms with Crippen LogP contribution in [-0.4, -0.2) is 84.3 Å². The van der Waals surface area contributed by atoms with Crippen LogP contribution in [-0.2, 0) is 15.2 Å². The molecular weight excluding hydrogens is 745 g/mol. The van der Waals surface area contributed by atoms with Gasteiger partial charge in [0.05, 0.1) is 57.4 Å². The smallest absolute Gasteiger partial charge is 0.274 e. The molecule has 0 radical (unpaired) electrons. The Kier molecular flexibility index (Phi) is 10.00. The maximum Gasteiger partial charge on any atom is 0.274 e. The molecule has 14 nitrogen and oxygen atoms in total. The van der Waals surface area contributed by atoms with Gasteiger partial charge in [-0.05, 0) is 140 Å². The highest BCUT2D eigenvalue weighted by atomic mass is 16.3. The molecule has 4 fully saturated rings. The minimum atomic E-state index is -1.23. The van der Waals surface area contributed by atoms with Gasteiger partial charge in [-0.25, -0.2) is 4.52 Å². The van der Waals surface area contributed by atoms with E-state index in [1.807, 2.05) is 25.1 Å². The highest BCUT2D eigenvalue weighted by molar-refractivity contribution is 6.05. The van der Waals surface area contributed by atoms with Crippen molar-refractivity contribution in [2.45, 2.75) is 109 Å². The number of carbonyl (C=O) groups is 3. The molecule has 9 rings (SSSR count). The normalized spacial score (nSPS) is 20.9. The monoisotopic (exact) mass is 796 g/mol. The molecule has 0 bridgehead atoms. The summed E-state index contributed by atoms with van der Waals surface area (Å²) >= 11 is 0. The second-order valence-electron chi connectivity index (χ2n) is 17.8. The number of likely N-dealkylation sites (tertiary alicyclic amines) is 1. The van der Waals surface area contributed by atoms with E-state index in [0.717, 1.165) is 79.8 Å². The van der Waals surface area contributed by atoms with E-state index in [-0.39, 0.29) is 23.6 Å². The van der Waals surface area contributed by atoms with Crippen LogP contribution < -0.4 is 15.5 Å². The van der Waals surface area contributed by atoms with Gasteiger partial charge in [-0.1, -0.05) is 0 Å². The largest absolute Gasteiger partial charge is 0.386 e. The number of nitrogens with one attached hydrogen (secondary N) is 2. The van der Waals surface area contributed by atoms with Crippen LogP contribution in [0.1, 0.15) is 123 Å². The number of piperidine rings is 3. The standard InChI is InChI=1S/C45H52N10O4/c1-28-39(8-6-36(48-28)34-5-9-41(56)50-42(34)57)53-18-12-31(13-19-53)52-20-16-45(17-21-52)14-10-32(11-15-45)54-27-30-23-38(35(44(2,3)59)24-37(30)51-54)49-43(58)40-7-4-33-22-29(25-46)26-47-55(33)40/h4,6-8,22-24,26-27,31-32,34,59H,5,9-21H2,1-3H3,(H,49,58)(H,50,56,57). The van der Waals surface area contributed by atoms with Crippen molar-refractivity contribution in [3.05, 3.63) is 83.1 Å². The number of aliphatic hydroxyl groups is 1. The van der Waals surface area contributed by atoms with Gasteiger partial charge in [-0.2, -0.15) is 15.5 Å². The highest BCUT2D eigenvalue weighted by Crippen LogP contribution is 2.48. The van der Waals surface area contributed by atoms with Gasteiger partial charge in [-0.3, -0.25) is 29.4 Å². The number of nitrogens with zero attached hydrogens (tertiary/aromatic N) is 8. The molecule has 1 spiro atoms. The Bertz CT molecular complexity index is 2480. The fraction of sp³-hybridized carbons (Fsp3) is 0.489. The van der Waals surface area contributed by atoms with Crippen molar-refractivity contribution >= 4 is 45.5 Å². The first-order valence-electron chi connectivity index (χ1n) is 21.1. The Hall–Kier alpha value is -5.65. The van der Waals surface area contributed by atoms with E-state index in [2.05, 4.69) is 48.5 Å². The second-order valence-corrected chi connectivity index (χ2v) is 17.8. The summed E-state index contributed by atoms with van der Waals surface area (Å²) in [5.74, 6) is -1.18. The molecular formula is C45H52N10O4. The summed E-state index contributed by atoms with van der Waals surface area (Å²) in [6.45, 7) is 9.71. The zero-order valence-corrected chi connectivity index (χ0v) is 34.1. The van der Waals surface area contributed by atoms with Gasteiger partial charge in [0.1, 0.15) is 11.8 Å². The minimum absolute atomic E-state index is 0.205. The van der Waals surface area contributed by atoms with Crippen molar-refractivity contribution in [3.63, 3.8) is 0 Å². The van der Waals surface area contributed by atoms with E-state index in [1.54, 1.807) is 32.0 Å². The third-order valence-corrected chi connectivity index (χ3v) is 13.7. The Labute approximate surface area is 343 Å². The van der Waals surface area contributed by atoms with Crippen molar-refractivity contribution in [2.75, 3.05) is 36.4 Å². The van der Waals surface area contributed by atoms with E-state index >= 15 is 0 Å².